The zero-order valence-corrected chi connectivity index (χ0v) is 12.0. The fraction of sp³-hybridized carbons (Fsp3) is 0.692. The molecular formula is C13H21NOS2. The summed E-state index contributed by atoms with van der Waals surface area (Å²) in [5, 5.41) is 6.52. The van der Waals surface area contributed by atoms with Gasteiger partial charge in [0.1, 0.15) is 0 Å². The van der Waals surface area contributed by atoms with E-state index < -0.39 is 0 Å². The van der Waals surface area contributed by atoms with E-state index in [1.54, 1.807) is 0 Å². The Bertz CT molecular complexity index is 321. The molecule has 0 saturated carbocycles. The Morgan fingerprint density at radius 2 is 2.29 bits per heavy atom. The van der Waals surface area contributed by atoms with Crippen LogP contribution in [-0.4, -0.2) is 30.8 Å². The van der Waals surface area contributed by atoms with Crippen LogP contribution in [0.1, 0.15) is 23.3 Å². The first-order chi connectivity index (χ1) is 8.36. The molecule has 1 fully saturated rings. The molecule has 2 heterocycles. The third-order valence-electron chi connectivity index (χ3n) is 3.05. The Labute approximate surface area is 112 Å². The second-order valence-electron chi connectivity index (χ2n) is 4.39. The minimum absolute atomic E-state index is 0.828. The average Bonchev–Trinajstić information content (AvgIpc) is 2.76. The Hall–Kier alpha value is -0.0300. The van der Waals surface area contributed by atoms with Gasteiger partial charge in [0.25, 0.3) is 0 Å². The first kappa shape index (κ1) is 13.4. The molecule has 1 aliphatic rings. The molecule has 0 atom stereocenters. The van der Waals surface area contributed by atoms with Crippen molar-refractivity contribution in [1.29, 1.82) is 0 Å². The van der Waals surface area contributed by atoms with Gasteiger partial charge in [-0.2, -0.15) is 11.8 Å². The number of nitrogens with one attached hydrogen (secondary N) is 1. The molecule has 0 bridgehead atoms. The molecule has 1 saturated heterocycles. The lowest BCUT2D eigenvalue weighted by Gasteiger charge is -2.21. The molecule has 2 nitrogen and oxygen atoms in total. The van der Waals surface area contributed by atoms with Crippen molar-refractivity contribution in [3.05, 3.63) is 21.9 Å². The number of hydrogen-bond donors (Lipinski definition) is 1. The molecule has 96 valence electrons. The summed E-state index contributed by atoms with van der Waals surface area (Å²) in [5.41, 5.74) is 1.42. The zero-order valence-electron chi connectivity index (χ0n) is 10.4. The molecule has 1 aromatic rings. The van der Waals surface area contributed by atoms with Crippen LogP contribution in [-0.2, 0) is 11.3 Å². The lowest BCUT2D eigenvalue weighted by atomic mass is 10.2. The van der Waals surface area contributed by atoms with Crippen molar-refractivity contribution >= 4 is 23.1 Å². The number of ether oxygens (including phenoxy) is 1. The molecule has 0 amide bonds. The molecular weight excluding hydrogens is 250 g/mol. The van der Waals surface area contributed by atoms with Crippen LogP contribution in [0.4, 0.5) is 0 Å². The van der Waals surface area contributed by atoms with Gasteiger partial charge in [-0.25, -0.2) is 0 Å². The number of hydrogen-bond acceptors (Lipinski definition) is 4. The fourth-order valence-electron chi connectivity index (χ4n) is 1.93. The predicted octanol–water partition coefficient (Wildman–Crippen LogP) is 3.06. The standard InChI is InChI=1S/C13H21NOS2/c1-11-4-8-17-13(11)10-14-5-9-16-12-2-6-15-7-3-12/h4,8,12,14H,2-3,5-7,9-10H2,1H3. The van der Waals surface area contributed by atoms with Crippen LogP contribution >= 0.6 is 23.1 Å². The van der Waals surface area contributed by atoms with Crippen molar-refractivity contribution in [3.63, 3.8) is 0 Å². The highest BCUT2D eigenvalue weighted by molar-refractivity contribution is 7.99. The monoisotopic (exact) mass is 271 g/mol. The zero-order chi connectivity index (χ0) is 11.9. The van der Waals surface area contributed by atoms with Gasteiger partial charge in [-0.1, -0.05) is 0 Å². The van der Waals surface area contributed by atoms with Crippen LogP contribution in [0.3, 0.4) is 0 Å². The number of thioether (sulfide) groups is 1. The van der Waals surface area contributed by atoms with Crippen molar-refractivity contribution in [2.75, 3.05) is 25.5 Å². The summed E-state index contributed by atoms with van der Waals surface area (Å²) in [7, 11) is 0. The average molecular weight is 271 g/mol. The van der Waals surface area contributed by atoms with E-state index in [0.717, 1.165) is 31.6 Å². The third kappa shape index (κ3) is 4.62. The number of aryl methyl sites for hydroxylation is 1. The first-order valence-corrected chi connectivity index (χ1v) is 8.22. The smallest absolute Gasteiger partial charge is 0.0476 e. The molecule has 2 rings (SSSR count). The van der Waals surface area contributed by atoms with Gasteiger partial charge in [-0.3, -0.25) is 0 Å². The van der Waals surface area contributed by atoms with Crippen molar-refractivity contribution in [1.82, 2.24) is 5.32 Å². The van der Waals surface area contributed by atoms with Crippen LogP contribution in [0, 0.1) is 6.92 Å². The first-order valence-electron chi connectivity index (χ1n) is 6.29. The van der Waals surface area contributed by atoms with Gasteiger partial charge >= 0.3 is 0 Å². The molecule has 0 aromatic carbocycles. The summed E-state index contributed by atoms with van der Waals surface area (Å²) in [4.78, 5) is 1.47. The summed E-state index contributed by atoms with van der Waals surface area (Å²) in [5.74, 6) is 1.22. The second kappa shape index (κ2) is 7.41. The minimum Gasteiger partial charge on any atom is -0.381 e. The Balaban J connectivity index is 1.53. The highest BCUT2D eigenvalue weighted by Crippen LogP contribution is 2.21. The van der Waals surface area contributed by atoms with E-state index in [-0.39, 0.29) is 0 Å². The lowest BCUT2D eigenvalue weighted by molar-refractivity contribution is 0.100. The summed E-state index contributed by atoms with van der Waals surface area (Å²) in [6, 6.07) is 2.19. The van der Waals surface area contributed by atoms with Crippen LogP contribution in [0.15, 0.2) is 11.4 Å². The summed E-state index contributed by atoms with van der Waals surface area (Å²) in [6.07, 6.45) is 2.46. The van der Waals surface area contributed by atoms with E-state index in [1.807, 2.05) is 11.3 Å². The topological polar surface area (TPSA) is 21.3 Å². The normalized spacial score (nSPS) is 17.5. The van der Waals surface area contributed by atoms with E-state index in [0.29, 0.717) is 0 Å². The predicted molar refractivity (Wildman–Crippen MR) is 77.1 cm³/mol. The number of thiophene rings is 1. The maximum absolute atomic E-state index is 5.36. The van der Waals surface area contributed by atoms with Gasteiger partial charge in [0.2, 0.25) is 0 Å². The van der Waals surface area contributed by atoms with Crippen LogP contribution in [0.2, 0.25) is 0 Å². The number of rotatable bonds is 6. The van der Waals surface area contributed by atoms with E-state index >= 15 is 0 Å². The van der Waals surface area contributed by atoms with Gasteiger partial charge < -0.3 is 10.1 Å². The summed E-state index contributed by atoms with van der Waals surface area (Å²) < 4.78 is 5.36. The second-order valence-corrected chi connectivity index (χ2v) is 6.80. The van der Waals surface area contributed by atoms with E-state index in [9.17, 15) is 0 Å². The van der Waals surface area contributed by atoms with Gasteiger partial charge in [0.05, 0.1) is 0 Å². The summed E-state index contributed by atoms with van der Waals surface area (Å²) in [6.45, 7) is 6.24. The van der Waals surface area contributed by atoms with E-state index in [4.69, 9.17) is 4.74 Å². The van der Waals surface area contributed by atoms with Gasteiger partial charge in [-0.05, 0) is 36.8 Å². The quantitative estimate of drug-likeness (QED) is 0.804. The minimum atomic E-state index is 0.828. The molecule has 0 radical (unpaired) electrons. The molecule has 0 spiro atoms. The maximum Gasteiger partial charge on any atom is 0.0476 e. The molecule has 4 heteroatoms. The highest BCUT2D eigenvalue weighted by Gasteiger charge is 2.13. The van der Waals surface area contributed by atoms with Crippen molar-refractivity contribution < 1.29 is 4.74 Å². The molecule has 1 N–H and O–H groups in total. The third-order valence-corrected chi connectivity index (χ3v) is 5.46. The van der Waals surface area contributed by atoms with Crippen LogP contribution in [0.5, 0.6) is 0 Å². The largest absolute Gasteiger partial charge is 0.381 e. The molecule has 1 aromatic heterocycles. The SMILES string of the molecule is Cc1ccsc1CNCCSC1CCOCC1. The van der Waals surface area contributed by atoms with Crippen molar-refractivity contribution in [2.45, 2.75) is 31.6 Å². The van der Waals surface area contributed by atoms with Gasteiger partial charge in [0, 0.05) is 42.2 Å². The Morgan fingerprint density at radius 1 is 1.47 bits per heavy atom. The molecule has 0 aliphatic carbocycles. The molecule has 17 heavy (non-hydrogen) atoms. The van der Waals surface area contributed by atoms with Gasteiger partial charge in [-0.15, -0.1) is 11.3 Å². The van der Waals surface area contributed by atoms with E-state index in [2.05, 4.69) is 35.4 Å². The Morgan fingerprint density at radius 3 is 3.00 bits per heavy atom. The highest BCUT2D eigenvalue weighted by atomic mass is 32.2. The molecule has 0 unspecified atom stereocenters. The maximum atomic E-state index is 5.36. The van der Waals surface area contributed by atoms with Crippen molar-refractivity contribution in [3.8, 4) is 0 Å². The van der Waals surface area contributed by atoms with Crippen molar-refractivity contribution in [2.24, 2.45) is 0 Å². The van der Waals surface area contributed by atoms with E-state index in [1.165, 1.54) is 29.0 Å². The van der Waals surface area contributed by atoms with Crippen LogP contribution in [0.25, 0.3) is 0 Å². The van der Waals surface area contributed by atoms with Crippen LogP contribution < -0.4 is 5.32 Å². The lowest BCUT2D eigenvalue weighted by Crippen LogP contribution is -2.21. The van der Waals surface area contributed by atoms with Gasteiger partial charge in [0.15, 0.2) is 0 Å². The Kier molecular flexibility index (Phi) is 5.85. The fourth-order valence-corrected chi connectivity index (χ4v) is 3.92. The summed E-state index contributed by atoms with van der Waals surface area (Å²) >= 11 is 3.95. The molecule has 1 aliphatic heterocycles.